The zero-order chi connectivity index (χ0) is 9.26. The number of thiazole rings is 1. The molecule has 0 aliphatic heterocycles. The van der Waals surface area contributed by atoms with Crippen molar-refractivity contribution in [2.45, 2.75) is 13.5 Å². The summed E-state index contributed by atoms with van der Waals surface area (Å²) in [6, 6.07) is 0. The van der Waals surface area contributed by atoms with Gasteiger partial charge in [0.05, 0.1) is 18.0 Å². The molecular formula is C8H9N3OS. The quantitative estimate of drug-likeness (QED) is 0.781. The first-order valence-electron chi connectivity index (χ1n) is 3.86. The van der Waals surface area contributed by atoms with Crippen molar-refractivity contribution < 1.29 is 5.11 Å². The molecular weight excluding hydrogens is 186 g/mol. The van der Waals surface area contributed by atoms with Gasteiger partial charge in [-0.3, -0.25) is 4.57 Å². The minimum absolute atomic E-state index is 0.0304. The molecule has 0 radical (unpaired) electrons. The maximum Gasteiger partial charge on any atom is 0.195 e. The topological polar surface area (TPSA) is 50.9 Å². The second-order valence-corrected chi connectivity index (χ2v) is 3.54. The third-order valence-electron chi connectivity index (χ3n) is 1.63. The molecule has 5 heteroatoms. The lowest BCUT2D eigenvalue weighted by Gasteiger charge is -1.92. The maximum absolute atomic E-state index is 8.81. The summed E-state index contributed by atoms with van der Waals surface area (Å²) in [6.45, 7) is 1.92. The van der Waals surface area contributed by atoms with Crippen molar-refractivity contribution in [2.75, 3.05) is 0 Å². The van der Waals surface area contributed by atoms with Crippen molar-refractivity contribution in [3.8, 4) is 5.13 Å². The molecule has 0 saturated carbocycles. The van der Waals surface area contributed by atoms with Gasteiger partial charge in [0.15, 0.2) is 5.13 Å². The fourth-order valence-electron chi connectivity index (χ4n) is 1.01. The molecule has 13 heavy (non-hydrogen) atoms. The molecule has 2 heterocycles. The standard InChI is InChI=1S/C8H9N3OS/c1-6-4-13-8(10-6)11-2-7(3-12)9-5-11/h2,4-5,12H,3H2,1H3. The van der Waals surface area contributed by atoms with Crippen molar-refractivity contribution in [3.05, 3.63) is 29.3 Å². The predicted octanol–water partition coefficient (Wildman–Crippen LogP) is 1.13. The van der Waals surface area contributed by atoms with Gasteiger partial charge in [0.2, 0.25) is 0 Å². The van der Waals surface area contributed by atoms with Gasteiger partial charge in [-0.2, -0.15) is 0 Å². The fraction of sp³-hybridized carbons (Fsp3) is 0.250. The molecule has 0 unspecified atom stereocenters. The van der Waals surface area contributed by atoms with E-state index in [2.05, 4.69) is 9.97 Å². The van der Waals surface area contributed by atoms with Gasteiger partial charge >= 0.3 is 0 Å². The van der Waals surface area contributed by atoms with E-state index in [1.807, 2.05) is 16.9 Å². The van der Waals surface area contributed by atoms with Crippen LogP contribution in [0.25, 0.3) is 5.13 Å². The average Bonchev–Trinajstić information content (AvgIpc) is 2.71. The summed E-state index contributed by atoms with van der Waals surface area (Å²) in [6.07, 6.45) is 3.43. The van der Waals surface area contributed by atoms with E-state index in [1.54, 1.807) is 23.9 Å². The Kier molecular flexibility index (Phi) is 2.12. The monoisotopic (exact) mass is 195 g/mol. The van der Waals surface area contributed by atoms with Crippen LogP contribution in [-0.4, -0.2) is 19.6 Å². The number of hydrogen-bond donors (Lipinski definition) is 1. The van der Waals surface area contributed by atoms with Crippen molar-refractivity contribution in [1.82, 2.24) is 14.5 Å². The van der Waals surface area contributed by atoms with E-state index in [0.717, 1.165) is 10.8 Å². The minimum atomic E-state index is -0.0304. The van der Waals surface area contributed by atoms with Crippen LogP contribution in [0, 0.1) is 6.92 Å². The van der Waals surface area contributed by atoms with Gasteiger partial charge in [-0.05, 0) is 6.92 Å². The molecule has 0 aromatic carbocycles. The number of aromatic nitrogens is 3. The molecule has 0 atom stereocenters. The summed E-state index contributed by atoms with van der Waals surface area (Å²) in [5, 5.41) is 11.7. The summed E-state index contributed by atoms with van der Waals surface area (Å²) in [4.78, 5) is 8.29. The lowest BCUT2D eigenvalue weighted by molar-refractivity contribution is 0.277. The average molecular weight is 195 g/mol. The minimum Gasteiger partial charge on any atom is -0.390 e. The van der Waals surface area contributed by atoms with Crippen molar-refractivity contribution in [3.63, 3.8) is 0 Å². The summed E-state index contributed by atoms with van der Waals surface area (Å²) in [5.41, 5.74) is 1.66. The Morgan fingerprint density at radius 1 is 1.62 bits per heavy atom. The Morgan fingerprint density at radius 3 is 3.00 bits per heavy atom. The molecule has 0 bridgehead atoms. The molecule has 0 aliphatic rings. The highest BCUT2D eigenvalue weighted by Crippen LogP contribution is 2.14. The SMILES string of the molecule is Cc1csc(-n2cnc(CO)c2)n1. The smallest absolute Gasteiger partial charge is 0.195 e. The highest BCUT2D eigenvalue weighted by atomic mass is 32.1. The Bertz CT molecular complexity index is 407. The van der Waals surface area contributed by atoms with Crippen LogP contribution in [0.15, 0.2) is 17.9 Å². The van der Waals surface area contributed by atoms with Crippen LogP contribution in [0.2, 0.25) is 0 Å². The van der Waals surface area contributed by atoms with Gasteiger partial charge in [0.25, 0.3) is 0 Å². The van der Waals surface area contributed by atoms with E-state index in [-0.39, 0.29) is 6.61 Å². The number of nitrogens with zero attached hydrogens (tertiary/aromatic N) is 3. The predicted molar refractivity (Wildman–Crippen MR) is 49.9 cm³/mol. The van der Waals surface area contributed by atoms with E-state index in [9.17, 15) is 0 Å². The van der Waals surface area contributed by atoms with Crippen LogP contribution in [0.3, 0.4) is 0 Å². The van der Waals surface area contributed by atoms with Gasteiger partial charge in [0.1, 0.15) is 6.33 Å². The van der Waals surface area contributed by atoms with Crippen LogP contribution in [0.5, 0.6) is 0 Å². The Hall–Kier alpha value is -1.20. The van der Waals surface area contributed by atoms with E-state index in [0.29, 0.717) is 5.69 Å². The second-order valence-electron chi connectivity index (χ2n) is 2.70. The van der Waals surface area contributed by atoms with Crippen LogP contribution in [0.1, 0.15) is 11.4 Å². The Labute approximate surface area is 79.5 Å². The van der Waals surface area contributed by atoms with Crippen LogP contribution in [0.4, 0.5) is 0 Å². The number of rotatable bonds is 2. The van der Waals surface area contributed by atoms with Gasteiger partial charge in [-0.1, -0.05) is 0 Å². The first kappa shape index (κ1) is 8.40. The maximum atomic E-state index is 8.81. The second kappa shape index (κ2) is 3.27. The summed E-state index contributed by atoms with van der Waals surface area (Å²) >= 11 is 1.56. The van der Waals surface area contributed by atoms with Crippen molar-refractivity contribution in [1.29, 1.82) is 0 Å². The van der Waals surface area contributed by atoms with Crippen molar-refractivity contribution >= 4 is 11.3 Å². The third kappa shape index (κ3) is 1.61. The molecule has 1 N–H and O–H groups in total. The number of imidazole rings is 1. The zero-order valence-electron chi connectivity index (χ0n) is 7.14. The Morgan fingerprint density at radius 2 is 2.46 bits per heavy atom. The lowest BCUT2D eigenvalue weighted by Crippen LogP contribution is -1.88. The largest absolute Gasteiger partial charge is 0.390 e. The van der Waals surface area contributed by atoms with Crippen LogP contribution < -0.4 is 0 Å². The molecule has 0 aliphatic carbocycles. The summed E-state index contributed by atoms with van der Waals surface area (Å²) in [5.74, 6) is 0. The summed E-state index contributed by atoms with van der Waals surface area (Å²) in [7, 11) is 0. The molecule has 0 amide bonds. The highest BCUT2D eigenvalue weighted by molar-refractivity contribution is 7.12. The van der Waals surface area contributed by atoms with Crippen molar-refractivity contribution in [2.24, 2.45) is 0 Å². The highest BCUT2D eigenvalue weighted by Gasteiger charge is 2.02. The molecule has 0 saturated heterocycles. The molecule has 2 aromatic rings. The van der Waals surface area contributed by atoms with Crippen LogP contribution >= 0.6 is 11.3 Å². The summed E-state index contributed by atoms with van der Waals surface area (Å²) < 4.78 is 1.81. The number of aliphatic hydroxyl groups is 1. The van der Waals surface area contributed by atoms with Crippen LogP contribution in [-0.2, 0) is 6.61 Å². The molecule has 2 rings (SSSR count). The molecule has 2 aromatic heterocycles. The van der Waals surface area contributed by atoms with E-state index in [1.165, 1.54) is 0 Å². The number of hydrogen-bond acceptors (Lipinski definition) is 4. The van der Waals surface area contributed by atoms with Gasteiger partial charge in [0, 0.05) is 11.6 Å². The Balaban J connectivity index is 2.35. The zero-order valence-corrected chi connectivity index (χ0v) is 7.95. The third-order valence-corrected chi connectivity index (χ3v) is 2.60. The lowest BCUT2D eigenvalue weighted by atomic mass is 10.5. The normalized spacial score (nSPS) is 10.6. The first-order chi connectivity index (χ1) is 6.29. The van der Waals surface area contributed by atoms with Gasteiger partial charge in [-0.25, -0.2) is 9.97 Å². The first-order valence-corrected chi connectivity index (χ1v) is 4.74. The number of aryl methyl sites for hydroxylation is 1. The molecule has 4 nitrogen and oxygen atoms in total. The molecule has 0 fully saturated rings. The fourth-order valence-corrected chi connectivity index (χ4v) is 1.76. The molecule has 0 spiro atoms. The van der Waals surface area contributed by atoms with Gasteiger partial charge in [-0.15, -0.1) is 11.3 Å². The van der Waals surface area contributed by atoms with Gasteiger partial charge < -0.3 is 5.11 Å². The van der Waals surface area contributed by atoms with E-state index in [4.69, 9.17) is 5.11 Å². The number of aliphatic hydroxyl groups excluding tert-OH is 1. The van der Waals surface area contributed by atoms with E-state index < -0.39 is 0 Å². The molecule has 68 valence electrons. The van der Waals surface area contributed by atoms with E-state index >= 15 is 0 Å².